The molecule has 0 aliphatic heterocycles. The number of H-pyrrole nitrogens is 1. The number of aromatic nitrogens is 4. The quantitative estimate of drug-likeness (QED) is 0.669. The van der Waals surface area contributed by atoms with Gasteiger partial charge in [-0.05, 0) is 30.0 Å². The van der Waals surface area contributed by atoms with Crippen molar-refractivity contribution < 1.29 is 13.2 Å². The van der Waals surface area contributed by atoms with E-state index in [4.69, 9.17) is 4.74 Å². The number of nitrogens with one attached hydrogen (secondary N) is 1. The highest BCUT2D eigenvalue weighted by atomic mass is 32.2. The van der Waals surface area contributed by atoms with Crippen molar-refractivity contribution in [3.05, 3.63) is 40.7 Å². The molecule has 0 unspecified atom stereocenters. The minimum Gasteiger partial charge on any atom is -0.487 e. The number of aromatic amines is 1. The topological polar surface area (TPSA) is 122 Å². The number of aryl methyl sites for hydroxylation is 1. The zero-order chi connectivity index (χ0) is 20.7. The third-order valence-electron chi connectivity index (χ3n) is 4.33. The van der Waals surface area contributed by atoms with E-state index in [-0.39, 0.29) is 17.2 Å². The summed E-state index contributed by atoms with van der Waals surface area (Å²) in [6.45, 7) is 8.17. The van der Waals surface area contributed by atoms with Gasteiger partial charge in [-0.15, -0.1) is 0 Å². The zero-order valence-electron chi connectivity index (χ0n) is 16.4. The highest BCUT2D eigenvalue weighted by molar-refractivity contribution is 7.90. The van der Waals surface area contributed by atoms with E-state index in [0.717, 1.165) is 17.4 Å². The summed E-state index contributed by atoms with van der Waals surface area (Å²) in [6.07, 6.45) is 2.48. The highest BCUT2D eigenvalue weighted by Crippen LogP contribution is 2.34. The number of benzene rings is 1. The Kier molecular flexibility index (Phi) is 4.85. The standard InChI is InChI=1S/C19H21N5O3S/c1-11-6-16(14(19(2,3)4)7-12(11)8-20)27-10-15-13-9-21-18(28(5,25)26)22-17(13)24-23-15/h6-7,9H,10H2,1-5H3,(H,21,22,23,24). The first-order valence-electron chi connectivity index (χ1n) is 8.59. The van der Waals surface area contributed by atoms with Gasteiger partial charge in [0.2, 0.25) is 15.0 Å². The Hall–Kier alpha value is -2.99. The van der Waals surface area contributed by atoms with Crippen LogP contribution in [0.5, 0.6) is 5.75 Å². The zero-order valence-corrected chi connectivity index (χ0v) is 17.2. The average Bonchev–Trinajstić information content (AvgIpc) is 3.00. The lowest BCUT2D eigenvalue weighted by atomic mass is 9.84. The summed E-state index contributed by atoms with van der Waals surface area (Å²) >= 11 is 0. The monoisotopic (exact) mass is 399 g/mol. The molecule has 1 aromatic carbocycles. The molecule has 0 radical (unpaired) electrons. The van der Waals surface area contributed by atoms with Gasteiger partial charge in [-0.1, -0.05) is 20.8 Å². The Labute approximate surface area is 163 Å². The number of sulfone groups is 1. The maximum absolute atomic E-state index is 11.6. The minimum absolute atomic E-state index is 0.149. The number of fused-ring (bicyclic) bond motifs is 1. The molecule has 0 atom stereocenters. The highest BCUT2D eigenvalue weighted by Gasteiger charge is 2.22. The largest absolute Gasteiger partial charge is 0.487 e. The van der Waals surface area contributed by atoms with Crippen molar-refractivity contribution >= 4 is 20.9 Å². The molecule has 8 nitrogen and oxygen atoms in total. The van der Waals surface area contributed by atoms with Crippen LogP contribution in [0, 0.1) is 18.3 Å². The van der Waals surface area contributed by atoms with E-state index in [1.165, 1.54) is 6.20 Å². The second kappa shape index (κ2) is 6.87. The third kappa shape index (κ3) is 3.82. The van der Waals surface area contributed by atoms with Gasteiger partial charge in [0.05, 0.1) is 17.0 Å². The van der Waals surface area contributed by atoms with Gasteiger partial charge in [0, 0.05) is 18.0 Å². The molecule has 3 rings (SSSR count). The number of hydrogen-bond donors (Lipinski definition) is 1. The van der Waals surface area contributed by atoms with Gasteiger partial charge in [-0.3, -0.25) is 5.10 Å². The fraction of sp³-hybridized carbons (Fsp3) is 0.368. The van der Waals surface area contributed by atoms with Gasteiger partial charge in [0.25, 0.3) is 0 Å². The molecule has 0 bridgehead atoms. The number of rotatable bonds is 4. The molecule has 0 aliphatic rings. The van der Waals surface area contributed by atoms with Crippen LogP contribution in [0.1, 0.15) is 43.2 Å². The van der Waals surface area contributed by atoms with Crippen LogP contribution >= 0.6 is 0 Å². The molecule has 0 fully saturated rings. The van der Waals surface area contributed by atoms with Crippen LogP contribution in [-0.2, 0) is 21.9 Å². The summed E-state index contributed by atoms with van der Waals surface area (Å²) in [5, 5.41) is 16.6. The maximum Gasteiger partial charge on any atom is 0.248 e. The van der Waals surface area contributed by atoms with Gasteiger partial charge < -0.3 is 4.74 Å². The summed E-state index contributed by atoms with van der Waals surface area (Å²) in [6, 6.07) is 5.92. The summed E-state index contributed by atoms with van der Waals surface area (Å²) in [5.74, 6) is 0.675. The molecule has 2 aromatic heterocycles. The van der Waals surface area contributed by atoms with Crippen LogP contribution in [0.3, 0.4) is 0 Å². The van der Waals surface area contributed by atoms with Gasteiger partial charge in [0.1, 0.15) is 18.1 Å². The molecule has 0 saturated carbocycles. The first-order valence-corrected chi connectivity index (χ1v) is 10.5. The summed E-state index contributed by atoms with van der Waals surface area (Å²) in [5.41, 5.74) is 3.06. The van der Waals surface area contributed by atoms with Crippen molar-refractivity contribution in [2.24, 2.45) is 0 Å². The summed E-state index contributed by atoms with van der Waals surface area (Å²) in [4.78, 5) is 7.92. The predicted molar refractivity (Wildman–Crippen MR) is 104 cm³/mol. The smallest absolute Gasteiger partial charge is 0.248 e. The van der Waals surface area contributed by atoms with Crippen LogP contribution in [-0.4, -0.2) is 34.8 Å². The fourth-order valence-corrected chi connectivity index (χ4v) is 3.29. The van der Waals surface area contributed by atoms with E-state index in [9.17, 15) is 13.7 Å². The molecule has 1 N–H and O–H groups in total. The Morgan fingerprint density at radius 1 is 1.29 bits per heavy atom. The Bertz CT molecular complexity index is 1200. The predicted octanol–water partition coefficient (Wildman–Crippen LogP) is 2.81. The SMILES string of the molecule is Cc1cc(OCc2n[nH]c3nc(S(C)(=O)=O)ncc23)c(C(C)(C)C)cc1C#N. The van der Waals surface area contributed by atoms with E-state index in [2.05, 4.69) is 47.0 Å². The summed E-state index contributed by atoms with van der Waals surface area (Å²) < 4.78 is 29.2. The van der Waals surface area contributed by atoms with Crippen LogP contribution in [0.25, 0.3) is 11.0 Å². The molecule has 28 heavy (non-hydrogen) atoms. The normalized spacial score (nSPS) is 12.1. The summed E-state index contributed by atoms with van der Waals surface area (Å²) in [7, 11) is -3.50. The Morgan fingerprint density at radius 2 is 2.00 bits per heavy atom. The van der Waals surface area contributed by atoms with Crippen LogP contribution in [0.15, 0.2) is 23.5 Å². The number of nitrogens with zero attached hydrogens (tertiary/aromatic N) is 4. The van der Waals surface area contributed by atoms with Crippen molar-refractivity contribution in [1.82, 2.24) is 20.2 Å². The lowest BCUT2D eigenvalue weighted by Crippen LogP contribution is -2.14. The first kappa shape index (κ1) is 19.8. The average molecular weight is 399 g/mol. The molecular weight excluding hydrogens is 378 g/mol. The number of ether oxygens (including phenoxy) is 1. The molecule has 146 valence electrons. The maximum atomic E-state index is 11.6. The molecule has 0 spiro atoms. The van der Waals surface area contributed by atoms with Crippen molar-refractivity contribution in [2.75, 3.05) is 6.26 Å². The molecule has 0 amide bonds. The molecule has 9 heteroatoms. The Balaban J connectivity index is 1.95. The van der Waals surface area contributed by atoms with E-state index >= 15 is 0 Å². The number of hydrogen-bond acceptors (Lipinski definition) is 7. The lowest BCUT2D eigenvalue weighted by molar-refractivity contribution is 0.294. The van der Waals surface area contributed by atoms with Crippen molar-refractivity contribution in [3.63, 3.8) is 0 Å². The molecule has 3 aromatic rings. The van der Waals surface area contributed by atoms with Gasteiger partial charge >= 0.3 is 0 Å². The Morgan fingerprint density at radius 3 is 2.61 bits per heavy atom. The van der Waals surface area contributed by atoms with Gasteiger partial charge in [-0.25, -0.2) is 13.4 Å². The van der Waals surface area contributed by atoms with E-state index < -0.39 is 9.84 Å². The van der Waals surface area contributed by atoms with Gasteiger partial charge in [0.15, 0.2) is 5.65 Å². The van der Waals surface area contributed by atoms with Crippen molar-refractivity contribution in [3.8, 4) is 11.8 Å². The molecule has 0 saturated heterocycles. The van der Waals surface area contributed by atoms with Gasteiger partial charge in [-0.2, -0.15) is 15.3 Å². The number of nitriles is 1. The first-order chi connectivity index (χ1) is 13.0. The van der Waals surface area contributed by atoms with E-state index in [1.54, 1.807) is 0 Å². The molecule has 2 heterocycles. The fourth-order valence-electron chi connectivity index (χ4n) is 2.78. The van der Waals surface area contributed by atoms with Crippen molar-refractivity contribution in [1.29, 1.82) is 5.26 Å². The van der Waals surface area contributed by atoms with Crippen LogP contribution in [0.4, 0.5) is 0 Å². The molecular formula is C19H21N5O3S. The molecule has 0 aliphatic carbocycles. The minimum atomic E-state index is -3.50. The second-order valence-electron chi connectivity index (χ2n) is 7.67. The van der Waals surface area contributed by atoms with Crippen molar-refractivity contribution in [2.45, 2.75) is 44.9 Å². The second-order valence-corrected chi connectivity index (χ2v) is 9.58. The lowest BCUT2D eigenvalue weighted by Gasteiger charge is -2.23. The van der Waals surface area contributed by atoms with E-state index in [1.807, 2.05) is 19.1 Å². The van der Waals surface area contributed by atoms with Crippen LogP contribution < -0.4 is 4.74 Å². The van der Waals surface area contributed by atoms with Crippen LogP contribution in [0.2, 0.25) is 0 Å². The third-order valence-corrected chi connectivity index (χ3v) is 5.19. The van der Waals surface area contributed by atoms with E-state index in [0.29, 0.717) is 28.0 Å².